The molecule has 1 unspecified atom stereocenters. The van der Waals surface area contributed by atoms with Crippen molar-refractivity contribution in [2.24, 2.45) is 5.41 Å². The van der Waals surface area contributed by atoms with Gasteiger partial charge in [0.05, 0.1) is 32.3 Å². The normalized spacial score (nSPS) is 20.5. The zero-order valence-corrected chi connectivity index (χ0v) is 22.7. The van der Waals surface area contributed by atoms with E-state index in [1.807, 2.05) is 64.4 Å². The highest BCUT2D eigenvalue weighted by atomic mass is 127. The number of halogens is 1. The van der Waals surface area contributed by atoms with Crippen LogP contribution in [0.15, 0.2) is 29.8 Å². The van der Waals surface area contributed by atoms with Crippen LogP contribution in [-0.2, 0) is 16.1 Å². The Morgan fingerprint density at radius 1 is 1.30 bits per heavy atom. The lowest BCUT2D eigenvalue weighted by Gasteiger charge is -2.36. The molecular weight excluding hydrogens is 551 g/mol. The van der Waals surface area contributed by atoms with E-state index in [1.54, 1.807) is 11.3 Å². The third-order valence-electron chi connectivity index (χ3n) is 5.80. The largest absolute Gasteiger partial charge is 0.391 e. The Bertz CT molecular complexity index is 971. The summed E-state index contributed by atoms with van der Waals surface area (Å²) in [7, 11) is 0. The molecule has 0 bridgehead atoms. The summed E-state index contributed by atoms with van der Waals surface area (Å²) in [5, 5.41) is 16.5. The summed E-state index contributed by atoms with van der Waals surface area (Å²) in [5.41, 5.74) is 4.58. The van der Waals surface area contributed by atoms with Crippen LogP contribution in [-0.4, -0.2) is 55.6 Å². The number of rotatable bonds is 7. The second kappa shape index (κ2) is 10.8. The Morgan fingerprint density at radius 2 is 1.97 bits per heavy atom. The molecule has 2 aromatic rings. The van der Waals surface area contributed by atoms with Crippen molar-refractivity contribution < 1.29 is 14.7 Å². The number of nitrogens with zero attached hydrogens (tertiary/aromatic N) is 2. The summed E-state index contributed by atoms with van der Waals surface area (Å²) >= 11 is 3.84. The third kappa shape index (κ3) is 6.52. The van der Waals surface area contributed by atoms with Crippen molar-refractivity contribution in [3.05, 3.63) is 41.0 Å². The molecule has 1 aliphatic rings. The average molecular weight is 585 g/mol. The number of alkyl halides is 1. The lowest BCUT2D eigenvalue weighted by molar-refractivity contribution is -0.142. The molecule has 4 atom stereocenters. The van der Waals surface area contributed by atoms with Gasteiger partial charge in [0.25, 0.3) is 0 Å². The number of aromatic nitrogens is 1. The smallest absolute Gasteiger partial charge is 0.243 e. The molecule has 2 heterocycles. The van der Waals surface area contributed by atoms with Gasteiger partial charge in [-0.25, -0.2) is 4.98 Å². The molecule has 1 saturated heterocycles. The SMILES string of the molecule is Cc1ncsc1-c1ccc(CNC(=O)[C@H]2C[C@H](O)CN2C(=O)[C@@H](NC(C)I)C(C)(C)C)cc1. The number of aliphatic hydroxyl groups is 1. The van der Waals surface area contributed by atoms with Crippen LogP contribution < -0.4 is 10.6 Å². The van der Waals surface area contributed by atoms with Crippen molar-refractivity contribution in [1.29, 1.82) is 0 Å². The van der Waals surface area contributed by atoms with Crippen molar-refractivity contribution in [3.63, 3.8) is 0 Å². The second-order valence-electron chi connectivity index (χ2n) is 9.66. The van der Waals surface area contributed by atoms with Gasteiger partial charge >= 0.3 is 0 Å². The lowest BCUT2D eigenvalue weighted by atomic mass is 9.85. The van der Waals surface area contributed by atoms with Gasteiger partial charge in [-0.3, -0.25) is 14.9 Å². The first-order valence-electron chi connectivity index (χ1n) is 11.1. The molecule has 7 nitrogen and oxygen atoms in total. The van der Waals surface area contributed by atoms with E-state index in [9.17, 15) is 14.7 Å². The van der Waals surface area contributed by atoms with Gasteiger partial charge in [0.15, 0.2) is 0 Å². The fourth-order valence-electron chi connectivity index (χ4n) is 4.05. The molecule has 180 valence electrons. The van der Waals surface area contributed by atoms with Crippen LogP contribution in [0.1, 0.15) is 45.4 Å². The van der Waals surface area contributed by atoms with Crippen LogP contribution >= 0.6 is 33.9 Å². The molecular formula is C24H33IN4O3S. The molecule has 1 aromatic heterocycles. The molecule has 2 amide bonds. The molecule has 1 aromatic carbocycles. The molecule has 33 heavy (non-hydrogen) atoms. The van der Waals surface area contributed by atoms with Crippen LogP contribution in [0.5, 0.6) is 0 Å². The minimum Gasteiger partial charge on any atom is -0.391 e. The number of β-amino-alcohol motifs (C(OH)–C–C–N with tert-alkyl or cyclic N) is 1. The molecule has 3 rings (SSSR count). The Hall–Kier alpha value is -1.56. The number of carbonyl (C=O) groups is 2. The predicted molar refractivity (Wildman–Crippen MR) is 140 cm³/mol. The van der Waals surface area contributed by atoms with Crippen molar-refractivity contribution in [3.8, 4) is 10.4 Å². The van der Waals surface area contributed by atoms with Crippen LogP contribution in [0.25, 0.3) is 10.4 Å². The maximum absolute atomic E-state index is 13.4. The Labute approximate surface area is 213 Å². The van der Waals surface area contributed by atoms with Crippen LogP contribution in [0.3, 0.4) is 0 Å². The summed E-state index contributed by atoms with van der Waals surface area (Å²) < 4.78 is 0.0901. The van der Waals surface area contributed by atoms with E-state index >= 15 is 0 Å². The van der Waals surface area contributed by atoms with Crippen molar-refractivity contribution in [1.82, 2.24) is 20.5 Å². The number of carbonyl (C=O) groups excluding carboxylic acids is 2. The maximum atomic E-state index is 13.4. The lowest BCUT2D eigenvalue weighted by Crippen LogP contribution is -2.57. The zero-order valence-electron chi connectivity index (χ0n) is 19.8. The van der Waals surface area contributed by atoms with Crippen LogP contribution in [0.4, 0.5) is 0 Å². The first-order chi connectivity index (χ1) is 15.5. The zero-order chi connectivity index (χ0) is 24.3. The highest BCUT2D eigenvalue weighted by molar-refractivity contribution is 14.1. The number of benzene rings is 1. The first kappa shape index (κ1) is 26.1. The summed E-state index contributed by atoms with van der Waals surface area (Å²) in [6.45, 7) is 10.5. The van der Waals surface area contributed by atoms with Crippen molar-refractivity contribution in [2.45, 2.75) is 69.8 Å². The molecule has 1 fully saturated rings. The van der Waals surface area contributed by atoms with E-state index in [0.717, 1.165) is 21.7 Å². The van der Waals surface area contributed by atoms with E-state index in [4.69, 9.17) is 0 Å². The third-order valence-corrected chi connectivity index (χ3v) is 7.14. The molecule has 0 spiro atoms. The number of amides is 2. The second-order valence-corrected chi connectivity index (χ2v) is 12.4. The van der Waals surface area contributed by atoms with Gasteiger partial charge < -0.3 is 15.3 Å². The number of hydrogen-bond acceptors (Lipinski definition) is 6. The number of aryl methyl sites for hydroxylation is 1. The Morgan fingerprint density at radius 3 is 2.52 bits per heavy atom. The number of nitrogens with one attached hydrogen (secondary N) is 2. The molecule has 0 saturated carbocycles. The first-order valence-corrected chi connectivity index (χ1v) is 13.3. The molecule has 0 aliphatic carbocycles. The number of hydrogen-bond donors (Lipinski definition) is 3. The van der Waals surface area contributed by atoms with Gasteiger partial charge in [-0.05, 0) is 30.4 Å². The molecule has 9 heteroatoms. The Balaban J connectivity index is 1.66. The van der Waals surface area contributed by atoms with Gasteiger partial charge in [0, 0.05) is 19.5 Å². The van der Waals surface area contributed by atoms with Crippen molar-refractivity contribution in [2.75, 3.05) is 6.54 Å². The van der Waals surface area contributed by atoms with Crippen LogP contribution in [0, 0.1) is 12.3 Å². The predicted octanol–water partition coefficient (Wildman–Crippen LogP) is 3.48. The van der Waals surface area contributed by atoms with Gasteiger partial charge in [-0.15, -0.1) is 11.3 Å². The monoisotopic (exact) mass is 584 g/mol. The van der Waals surface area contributed by atoms with Crippen molar-refractivity contribution >= 4 is 45.7 Å². The van der Waals surface area contributed by atoms with Gasteiger partial charge in [-0.1, -0.05) is 67.6 Å². The summed E-state index contributed by atoms with van der Waals surface area (Å²) in [4.78, 5) is 33.4. The number of thiazole rings is 1. The highest BCUT2D eigenvalue weighted by Gasteiger charge is 2.44. The van der Waals surface area contributed by atoms with Gasteiger partial charge in [0.2, 0.25) is 11.8 Å². The van der Waals surface area contributed by atoms with E-state index in [-0.39, 0.29) is 34.2 Å². The molecule has 0 radical (unpaired) electrons. The minimum atomic E-state index is -0.704. The number of aliphatic hydroxyl groups excluding tert-OH is 1. The van der Waals surface area contributed by atoms with E-state index in [1.165, 1.54) is 4.90 Å². The standard InChI is InChI=1S/C24H33IN4O3S/c1-14-20(33-13-27-14)17-8-6-16(7-9-17)11-26-22(31)19-10-18(30)12-29(19)23(32)21(24(3,4)5)28-15(2)25/h6-9,13,15,18-19,21,28,30H,10-12H2,1-5H3,(H,26,31)/t15?,18-,19+,21+/m0/s1. The number of likely N-dealkylation sites (tertiary alicyclic amines) is 1. The average Bonchev–Trinajstić information content (AvgIpc) is 3.35. The highest BCUT2D eigenvalue weighted by Crippen LogP contribution is 2.28. The van der Waals surface area contributed by atoms with E-state index in [0.29, 0.717) is 6.54 Å². The quantitative estimate of drug-likeness (QED) is 0.263. The van der Waals surface area contributed by atoms with E-state index in [2.05, 4.69) is 38.2 Å². The summed E-state index contributed by atoms with van der Waals surface area (Å²) in [6.07, 6.45) is -0.457. The summed E-state index contributed by atoms with van der Waals surface area (Å²) in [6, 6.07) is 6.91. The maximum Gasteiger partial charge on any atom is 0.243 e. The fraction of sp³-hybridized carbons (Fsp3) is 0.542. The van der Waals surface area contributed by atoms with Gasteiger partial charge in [0.1, 0.15) is 6.04 Å². The summed E-state index contributed by atoms with van der Waals surface area (Å²) in [5.74, 6) is -0.385. The topological polar surface area (TPSA) is 94.6 Å². The Kier molecular flexibility index (Phi) is 8.52. The van der Waals surface area contributed by atoms with E-state index < -0.39 is 18.2 Å². The van der Waals surface area contributed by atoms with Gasteiger partial charge in [-0.2, -0.15) is 0 Å². The minimum absolute atomic E-state index is 0.0901. The fourth-order valence-corrected chi connectivity index (χ4v) is 5.22. The van der Waals surface area contributed by atoms with Crippen LogP contribution in [0.2, 0.25) is 0 Å². The molecule has 1 aliphatic heterocycles. The molecule has 3 N–H and O–H groups in total.